The highest BCUT2D eigenvalue weighted by molar-refractivity contribution is 5.70. The van der Waals surface area contributed by atoms with Gasteiger partial charge in [-0.25, -0.2) is 0 Å². The van der Waals surface area contributed by atoms with Gasteiger partial charge in [-0.1, -0.05) is 229 Å². The minimum absolute atomic E-state index is 0.0724. The number of rotatable bonds is 49. The molecule has 0 aromatic heterocycles. The molecule has 0 amide bonds. The van der Waals surface area contributed by atoms with Crippen LogP contribution in [0, 0.1) is 0 Å². The van der Waals surface area contributed by atoms with Crippen molar-refractivity contribution in [1.29, 1.82) is 0 Å². The molecule has 0 saturated heterocycles. The first-order valence-corrected chi connectivity index (χ1v) is 26.8. The molecule has 0 aliphatic carbocycles. The van der Waals surface area contributed by atoms with E-state index < -0.39 is 6.10 Å². The summed E-state index contributed by atoms with van der Waals surface area (Å²) in [5, 5.41) is 0. The second kappa shape index (κ2) is 52.9. The first-order valence-electron chi connectivity index (χ1n) is 26.8. The molecular weight excluding hydrogens is 765 g/mol. The molecule has 1 atom stereocenters. The largest absolute Gasteiger partial charge is 0.462 e. The van der Waals surface area contributed by atoms with Crippen LogP contribution >= 0.6 is 0 Å². The molecule has 0 aliphatic rings. The van der Waals surface area contributed by atoms with Gasteiger partial charge >= 0.3 is 11.9 Å². The van der Waals surface area contributed by atoms with E-state index >= 15 is 0 Å². The van der Waals surface area contributed by atoms with Crippen molar-refractivity contribution in [2.24, 2.45) is 0 Å². The molecule has 0 radical (unpaired) electrons. The summed E-state index contributed by atoms with van der Waals surface area (Å²) in [5.41, 5.74) is 0. The summed E-state index contributed by atoms with van der Waals surface area (Å²) < 4.78 is 17.4. The zero-order valence-corrected chi connectivity index (χ0v) is 41.4. The maximum Gasteiger partial charge on any atom is 0.306 e. The van der Waals surface area contributed by atoms with Crippen molar-refractivity contribution in [3.05, 3.63) is 60.8 Å². The summed E-state index contributed by atoms with van der Waals surface area (Å²) in [6.45, 7) is 7.69. The molecule has 0 bridgehead atoms. The summed E-state index contributed by atoms with van der Waals surface area (Å²) in [5.74, 6) is -0.423. The second-order valence-electron chi connectivity index (χ2n) is 17.8. The SMILES string of the molecule is CC/C=C\C/C=C\C/C=C\CCCCCCCC(=O)O[C@H](COCCCCCCCCCCCCCCCCCC)COC(=O)CCCCCCC/C=C\C/C=C\CCCCC. The lowest BCUT2D eigenvalue weighted by molar-refractivity contribution is -0.163. The second-order valence-corrected chi connectivity index (χ2v) is 17.8. The lowest BCUT2D eigenvalue weighted by Crippen LogP contribution is -2.30. The van der Waals surface area contributed by atoms with Crippen LogP contribution in [0.5, 0.6) is 0 Å². The maximum absolute atomic E-state index is 12.8. The highest BCUT2D eigenvalue weighted by Gasteiger charge is 2.17. The Morgan fingerprint density at radius 3 is 1.19 bits per heavy atom. The van der Waals surface area contributed by atoms with Crippen molar-refractivity contribution in [3.8, 4) is 0 Å². The van der Waals surface area contributed by atoms with Crippen molar-refractivity contribution in [2.45, 2.75) is 271 Å². The molecule has 0 rings (SSSR count). The van der Waals surface area contributed by atoms with Gasteiger partial charge in [0.2, 0.25) is 0 Å². The number of allylic oxidation sites excluding steroid dienone is 10. The Kier molecular flexibility index (Phi) is 50.9. The molecule has 0 aromatic carbocycles. The fraction of sp³-hybridized carbons (Fsp3) is 0.789. The summed E-state index contributed by atoms with van der Waals surface area (Å²) in [6.07, 6.45) is 66.6. The lowest BCUT2D eigenvalue weighted by Gasteiger charge is -2.18. The molecular formula is C57H102O5. The van der Waals surface area contributed by atoms with Crippen molar-refractivity contribution in [2.75, 3.05) is 19.8 Å². The van der Waals surface area contributed by atoms with Crippen molar-refractivity contribution >= 4 is 11.9 Å². The molecule has 0 aliphatic heterocycles. The van der Waals surface area contributed by atoms with E-state index in [2.05, 4.69) is 81.5 Å². The molecule has 0 unspecified atom stereocenters. The van der Waals surface area contributed by atoms with E-state index in [1.807, 2.05) is 0 Å². The van der Waals surface area contributed by atoms with Crippen molar-refractivity contribution in [1.82, 2.24) is 0 Å². The van der Waals surface area contributed by atoms with E-state index in [9.17, 15) is 9.59 Å². The van der Waals surface area contributed by atoms with E-state index in [4.69, 9.17) is 14.2 Å². The fourth-order valence-electron chi connectivity index (χ4n) is 7.56. The maximum atomic E-state index is 12.8. The normalized spacial score (nSPS) is 12.6. The quantitative estimate of drug-likeness (QED) is 0.0346. The van der Waals surface area contributed by atoms with Gasteiger partial charge in [-0.05, 0) is 83.5 Å². The first kappa shape index (κ1) is 59.6. The van der Waals surface area contributed by atoms with Gasteiger partial charge in [0.1, 0.15) is 6.61 Å². The summed E-state index contributed by atoms with van der Waals surface area (Å²) in [4.78, 5) is 25.4. The van der Waals surface area contributed by atoms with Crippen LogP contribution in [0.1, 0.15) is 265 Å². The molecule has 5 nitrogen and oxygen atoms in total. The van der Waals surface area contributed by atoms with E-state index in [0.717, 1.165) is 89.9 Å². The summed E-state index contributed by atoms with van der Waals surface area (Å²) in [6, 6.07) is 0. The highest BCUT2D eigenvalue weighted by Crippen LogP contribution is 2.15. The topological polar surface area (TPSA) is 61.8 Å². The molecule has 0 fully saturated rings. The number of ether oxygens (including phenoxy) is 3. The molecule has 0 heterocycles. The van der Waals surface area contributed by atoms with Gasteiger partial charge in [0, 0.05) is 19.4 Å². The van der Waals surface area contributed by atoms with Crippen LogP contribution in [0.4, 0.5) is 0 Å². The van der Waals surface area contributed by atoms with E-state index in [1.54, 1.807) is 0 Å². The average molecular weight is 867 g/mol. The third-order valence-corrected chi connectivity index (χ3v) is 11.5. The van der Waals surface area contributed by atoms with Gasteiger partial charge < -0.3 is 14.2 Å². The molecule has 0 spiro atoms. The van der Waals surface area contributed by atoms with Crippen LogP contribution in [0.3, 0.4) is 0 Å². The number of hydrogen-bond donors (Lipinski definition) is 0. The Balaban J connectivity index is 4.30. The van der Waals surface area contributed by atoms with Gasteiger partial charge in [-0.2, -0.15) is 0 Å². The van der Waals surface area contributed by atoms with Gasteiger partial charge in [0.05, 0.1) is 6.61 Å². The zero-order valence-electron chi connectivity index (χ0n) is 41.4. The highest BCUT2D eigenvalue weighted by atomic mass is 16.6. The van der Waals surface area contributed by atoms with Crippen LogP contribution in [0.2, 0.25) is 0 Å². The summed E-state index contributed by atoms with van der Waals surface area (Å²) in [7, 11) is 0. The van der Waals surface area contributed by atoms with Crippen LogP contribution < -0.4 is 0 Å². The molecule has 5 heteroatoms. The minimum atomic E-state index is -0.549. The Morgan fingerprint density at radius 2 is 0.726 bits per heavy atom. The predicted octanol–water partition coefficient (Wildman–Crippen LogP) is 18.1. The number of hydrogen-bond acceptors (Lipinski definition) is 5. The minimum Gasteiger partial charge on any atom is -0.462 e. The number of carbonyl (C=O) groups excluding carboxylic acids is 2. The van der Waals surface area contributed by atoms with Crippen LogP contribution in [0.25, 0.3) is 0 Å². The van der Waals surface area contributed by atoms with E-state index in [-0.39, 0.29) is 25.2 Å². The molecule has 62 heavy (non-hydrogen) atoms. The standard InChI is InChI=1S/C57H102O5/c1-4-7-10-13-16-19-22-25-28-31-34-37-40-43-46-49-52-60-53-55(62-57(59)51-48-45-42-39-36-33-30-27-24-21-18-15-12-9-6-3)54-61-56(58)50-47-44-41-38-35-32-29-26-23-20-17-14-11-8-5-2/h9,12,17-18,20-21,26-27,29-30,55H,4-8,10-11,13-16,19,22-25,28,31-54H2,1-3H3/b12-9-,20-17-,21-18-,29-26-,30-27-/t55-/m1/s1. The molecule has 0 N–H and O–H groups in total. The van der Waals surface area contributed by atoms with Crippen molar-refractivity contribution in [3.63, 3.8) is 0 Å². The monoisotopic (exact) mass is 867 g/mol. The van der Waals surface area contributed by atoms with Gasteiger partial charge in [0.15, 0.2) is 6.10 Å². The van der Waals surface area contributed by atoms with Crippen LogP contribution in [-0.4, -0.2) is 37.9 Å². The Hall–Kier alpha value is -2.40. The third kappa shape index (κ3) is 50.2. The number of esters is 2. The Labute approximate surface area is 385 Å². The average Bonchev–Trinajstić information content (AvgIpc) is 3.27. The molecule has 0 aromatic rings. The lowest BCUT2D eigenvalue weighted by atomic mass is 10.0. The Morgan fingerprint density at radius 1 is 0.371 bits per heavy atom. The van der Waals surface area contributed by atoms with Gasteiger partial charge in [-0.15, -0.1) is 0 Å². The predicted molar refractivity (Wildman–Crippen MR) is 270 cm³/mol. The van der Waals surface area contributed by atoms with Crippen LogP contribution in [0.15, 0.2) is 60.8 Å². The molecule has 360 valence electrons. The van der Waals surface area contributed by atoms with Crippen LogP contribution in [-0.2, 0) is 23.8 Å². The Bertz CT molecular complexity index is 1070. The van der Waals surface area contributed by atoms with Gasteiger partial charge in [0.25, 0.3) is 0 Å². The van der Waals surface area contributed by atoms with E-state index in [1.165, 1.54) is 141 Å². The van der Waals surface area contributed by atoms with Gasteiger partial charge in [-0.3, -0.25) is 9.59 Å². The summed E-state index contributed by atoms with van der Waals surface area (Å²) >= 11 is 0. The molecule has 0 saturated carbocycles. The van der Waals surface area contributed by atoms with E-state index in [0.29, 0.717) is 19.4 Å². The zero-order chi connectivity index (χ0) is 44.9. The smallest absolute Gasteiger partial charge is 0.306 e. The number of unbranched alkanes of at least 4 members (excludes halogenated alkanes) is 28. The third-order valence-electron chi connectivity index (χ3n) is 11.5. The van der Waals surface area contributed by atoms with Crippen molar-refractivity contribution < 1.29 is 23.8 Å². The first-order chi connectivity index (χ1) is 30.6. The fourth-order valence-corrected chi connectivity index (χ4v) is 7.56. The number of carbonyl (C=O) groups is 2.